The van der Waals surface area contributed by atoms with Gasteiger partial charge in [0.2, 0.25) is 0 Å². The molecule has 1 rings (SSSR count). The van der Waals surface area contributed by atoms with Crippen LogP contribution in [0, 0.1) is 0 Å². The fourth-order valence-electron chi connectivity index (χ4n) is 1.72. The maximum absolute atomic E-state index is 10.9. The highest BCUT2D eigenvalue weighted by molar-refractivity contribution is 7.84. The van der Waals surface area contributed by atoms with Crippen molar-refractivity contribution in [3.63, 3.8) is 0 Å². The average molecular weight is 205 g/mol. The molecule has 1 aliphatic rings. The minimum atomic E-state index is -0.717. The molecule has 4 heteroatoms. The Kier molecular flexibility index (Phi) is 4.35. The summed E-state index contributed by atoms with van der Waals surface area (Å²) in [7, 11) is -0.717. The highest BCUT2D eigenvalue weighted by Gasteiger charge is 2.23. The van der Waals surface area contributed by atoms with E-state index in [0.29, 0.717) is 6.04 Å². The quantitative estimate of drug-likeness (QED) is 0.716. The summed E-state index contributed by atoms with van der Waals surface area (Å²) in [5, 5.41) is 9.45. The lowest BCUT2D eigenvalue weighted by Crippen LogP contribution is -2.45. The summed E-state index contributed by atoms with van der Waals surface area (Å²) in [4.78, 5) is 2.23. The molecule has 1 N–H and O–H groups in total. The molecule has 1 fully saturated rings. The van der Waals surface area contributed by atoms with Crippen LogP contribution in [0.5, 0.6) is 0 Å². The summed E-state index contributed by atoms with van der Waals surface area (Å²) >= 11 is 0. The molecule has 0 aliphatic carbocycles. The first kappa shape index (κ1) is 11.1. The highest BCUT2D eigenvalue weighted by atomic mass is 32.2. The van der Waals surface area contributed by atoms with Gasteiger partial charge in [-0.05, 0) is 19.8 Å². The lowest BCUT2D eigenvalue weighted by atomic mass is 10.0. The third-order valence-electron chi connectivity index (χ3n) is 2.65. The molecule has 78 valence electrons. The number of piperidine rings is 1. The van der Waals surface area contributed by atoms with Crippen molar-refractivity contribution in [2.45, 2.75) is 31.9 Å². The number of nitrogens with zero attached hydrogens (tertiary/aromatic N) is 1. The van der Waals surface area contributed by atoms with Gasteiger partial charge < -0.3 is 5.11 Å². The van der Waals surface area contributed by atoms with Crippen molar-refractivity contribution in [3.8, 4) is 0 Å². The van der Waals surface area contributed by atoms with Gasteiger partial charge in [-0.15, -0.1) is 0 Å². The molecule has 0 aromatic heterocycles. The van der Waals surface area contributed by atoms with Crippen molar-refractivity contribution in [2.24, 2.45) is 0 Å². The van der Waals surface area contributed by atoms with Gasteiger partial charge in [0.1, 0.15) is 0 Å². The zero-order valence-electron chi connectivity index (χ0n) is 8.40. The molecule has 1 saturated heterocycles. The van der Waals surface area contributed by atoms with E-state index in [-0.39, 0.29) is 6.10 Å². The number of β-amino-alcohol motifs (C(OH)–C–C–N with tert-alkyl or cyclic N) is 1. The van der Waals surface area contributed by atoms with E-state index < -0.39 is 10.8 Å². The molecule has 0 amide bonds. The number of hydrogen-bond donors (Lipinski definition) is 1. The molecule has 0 radical (unpaired) electrons. The number of aliphatic hydroxyl groups excluding tert-OH is 1. The predicted octanol–water partition coefficient (Wildman–Crippen LogP) is 0.210. The fraction of sp³-hybridized carbons (Fsp3) is 1.00. The second-order valence-electron chi connectivity index (χ2n) is 3.85. The zero-order chi connectivity index (χ0) is 9.84. The summed E-state index contributed by atoms with van der Waals surface area (Å²) in [5.41, 5.74) is 0. The van der Waals surface area contributed by atoms with Crippen LogP contribution < -0.4 is 0 Å². The van der Waals surface area contributed by atoms with Gasteiger partial charge in [0.25, 0.3) is 0 Å². The molecule has 0 aromatic rings. The SMILES string of the molecule is CC1CCC(O)CN1CCS(C)=O. The molecular weight excluding hydrogens is 186 g/mol. The van der Waals surface area contributed by atoms with Crippen LogP contribution in [0.15, 0.2) is 0 Å². The Morgan fingerprint density at radius 2 is 2.23 bits per heavy atom. The van der Waals surface area contributed by atoms with Crippen LogP contribution >= 0.6 is 0 Å². The lowest BCUT2D eigenvalue weighted by Gasteiger charge is -2.35. The molecule has 3 unspecified atom stereocenters. The molecule has 3 nitrogen and oxygen atoms in total. The second kappa shape index (κ2) is 5.08. The molecule has 0 spiro atoms. The van der Waals surface area contributed by atoms with Gasteiger partial charge in [0, 0.05) is 41.9 Å². The summed E-state index contributed by atoms with van der Waals surface area (Å²) in [6.07, 6.45) is 3.51. The molecule has 0 aromatic carbocycles. The summed E-state index contributed by atoms with van der Waals surface area (Å²) < 4.78 is 10.9. The molecule has 13 heavy (non-hydrogen) atoms. The molecule has 1 heterocycles. The third-order valence-corrected chi connectivity index (χ3v) is 3.41. The van der Waals surface area contributed by atoms with Crippen molar-refractivity contribution in [3.05, 3.63) is 0 Å². The Bertz CT molecular complexity index is 186. The van der Waals surface area contributed by atoms with E-state index in [9.17, 15) is 9.32 Å². The first-order valence-electron chi connectivity index (χ1n) is 4.81. The van der Waals surface area contributed by atoms with Gasteiger partial charge in [0.05, 0.1) is 6.10 Å². The van der Waals surface area contributed by atoms with E-state index in [1.807, 2.05) is 0 Å². The standard InChI is InChI=1S/C9H19NO2S/c1-8-3-4-9(11)7-10(8)5-6-13(2)12/h8-9,11H,3-7H2,1-2H3. The molecule has 0 bridgehead atoms. The highest BCUT2D eigenvalue weighted by Crippen LogP contribution is 2.16. The normalized spacial score (nSPS) is 33.2. The van der Waals surface area contributed by atoms with Crippen molar-refractivity contribution in [1.82, 2.24) is 4.90 Å². The van der Waals surface area contributed by atoms with Crippen molar-refractivity contribution in [1.29, 1.82) is 0 Å². The van der Waals surface area contributed by atoms with E-state index in [1.54, 1.807) is 6.26 Å². The monoisotopic (exact) mass is 205 g/mol. The van der Waals surface area contributed by atoms with E-state index in [2.05, 4.69) is 11.8 Å². The summed E-state index contributed by atoms with van der Waals surface area (Å²) in [6.45, 7) is 3.77. The molecule has 3 atom stereocenters. The number of aliphatic hydroxyl groups is 1. The van der Waals surface area contributed by atoms with Crippen molar-refractivity contribution in [2.75, 3.05) is 25.1 Å². The topological polar surface area (TPSA) is 40.5 Å². The molecule has 0 saturated carbocycles. The second-order valence-corrected chi connectivity index (χ2v) is 5.41. The van der Waals surface area contributed by atoms with Gasteiger partial charge >= 0.3 is 0 Å². The smallest absolute Gasteiger partial charge is 0.0667 e. The Balaban J connectivity index is 2.33. The number of likely N-dealkylation sites (tertiary alicyclic amines) is 1. The van der Waals surface area contributed by atoms with Crippen LogP contribution in [-0.4, -0.2) is 51.5 Å². The Morgan fingerprint density at radius 1 is 1.54 bits per heavy atom. The zero-order valence-corrected chi connectivity index (χ0v) is 9.22. The van der Waals surface area contributed by atoms with Crippen molar-refractivity contribution < 1.29 is 9.32 Å². The van der Waals surface area contributed by atoms with Crippen LogP contribution in [0.3, 0.4) is 0 Å². The van der Waals surface area contributed by atoms with E-state index in [0.717, 1.165) is 31.7 Å². The third kappa shape index (κ3) is 3.75. The number of hydrogen-bond acceptors (Lipinski definition) is 3. The van der Waals surface area contributed by atoms with Gasteiger partial charge in [-0.1, -0.05) is 0 Å². The van der Waals surface area contributed by atoms with Gasteiger partial charge in [-0.3, -0.25) is 9.11 Å². The van der Waals surface area contributed by atoms with Crippen LogP contribution in [0.25, 0.3) is 0 Å². The molecule has 1 aliphatic heterocycles. The maximum Gasteiger partial charge on any atom is 0.0667 e. The van der Waals surface area contributed by atoms with Crippen LogP contribution in [-0.2, 0) is 10.8 Å². The van der Waals surface area contributed by atoms with E-state index in [4.69, 9.17) is 0 Å². The molecular formula is C9H19NO2S. The first-order chi connectivity index (χ1) is 6.09. The van der Waals surface area contributed by atoms with Crippen molar-refractivity contribution >= 4 is 10.8 Å². The number of rotatable bonds is 3. The first-order valence-corrected chi connectivity index (χ1v) is 6.54. The Hall–Kier alpha value is 0.0700. The Morgan fingerprint density at radius 3 is 2.85 bits per heavy atom. The van der Waals surface area contributed by atoms with Gasteiger partial charge in [-0.2, -0.15) is 0 Å². The van der Waals surface area contributed by atoms with Crippen LogP contribution in [0.1, 0.15) is 19.8 Å². The maximum atomic E-state index is 10.9. The minimum Gasteiger partial charge on any atom is -0.392 e. The average Bonchev–Trinajstić information content (AvgIpc) is 2.06. The van der Waals surface area contributed by atoms with Gasteiger partial charge in [0.15, 0.2) is 0 Å². The largest absolute Gasteiger partial charge is 0.392 e. The Labute approximate surface area is 82.6 Å². The lowest BCUT2D eigenvalue weighted by molar-refractivity contribution is 0.0449. The summed E-state index contributed by atoms with van der Waals surface area (Å²) in [6, 6.07) is 0.534. The van der Waals surface area contributed by atoms with Crippen LogP contribution in [0.2, 0.25) is 0 Å². The minimum absolute atomic E-state index is 0.179. The fourth-order valence-corrected chi connectivity index (χ4v) is 2.21. The summed E-state index contributed by atoms with van der Waals surface area (Å²) in [5.74, 6) is 0.719. The van der Waals surface area contributed by atoms with Gasteiger partial charge in [-0.25, -0.2) is 0 Å². The van der Waals surface area contributed by atoms with E-state index >= 15 is 0 Å². The van der Waals surface area contributed by atoms with E-state index in [1.165, 1.54) is 0 Å². The van der Waals surface area contributed by atoms with Crippen LogP contribution in [0.4, 0.5) is 0 Å². The predicted molar refractivity (Wildman–Crippen MR) is 55.2 cm³/mol.